The summed E-state index contributed by atoms with van der Waals surface area (Å²) in [6, 6.07) is 0. The number of rotatable bonds is 4. The van der Waals surface area contributed by atoms with E-state index in [1.54, 1.807) is 11.1 Å². The molecule has 88 valence electrons. The fourth-order valence-corrected chi connectivity index (χ4v) is 1.91. The zero-order valence-corrected chi connectivity index (χ0v) is 10.9. The normalized spacial score (nSPS) is 10.2. The van der Waals surface area contributed by atoms with Crippen molar-refractivity contribution in [1.82, 2.24) is 4.98 Å². The number of halogens is 1. The van der Waals surface area contributed by atoms with Crippen molar-refractivity contribution in [2.24, 2.45) is 5.73 Å². The molecule has 0 aliphatic carbocycles. The van der Waals surface area contributed by atoms with Crippen LogP contribution >= 0.6 is 15.9 Å². The van der Waals surface area contributed by atoms with E-state index in [0.29, 0.717) is 18.1 Å². The van der Waals surface area contributed by atoms with Gasteiger partial charge in [-0.15, -0.1) is 0 Å². The molecule has 1 rings (SSSR count). The van der Waals surface area contributed by atoms with Crippen LogP contribution < -0.4 is 16.4 Å². The highest BCUT2D eigenvalue weighted by molar-refractivity contribution is 9.10. The number of pyridine rings is 1. The molecule has 0 bridgehead atoms. The number of carbonyl (C=O) groups is 1. The molecule has 4 N–H and O–H groups in total. The Morgan fingerprint density at radius 2 is 2.25 bits per heavy atom. The summed E-state index contributed by atoms with van der Waals surface area (Å²) >= 11 is 3.43. The summed E-state index contributed by atoms with van der Waals surface area (Å²) in [7, 11) is 0. The van der Waals surface area contributed by atoms with Crippen molar-refractivity contribution < 1.29 is 4.79 Å². The van der Waals surface area contributed by atoms with Crippen molar-refractivity contribution in [1.29, 1.82) is 0 Å². The van der Waals surface area contributed by atoms with Gasteiger partial charge in [-0.2, -0.15) is 0 Å². The minimum atomic E-state index is -0.384. The molecule has 5 nitrogen and oxygen atoms in total. The van der Waals surface area contributed by atoms with Gasteiger partial charge in [-0.25, -0.2) is 4.98 Å². The Morgan fingerprint density at radius 3 is 2.75 bits per heavy atom. The summed E-state index contributed by atoms with van der Waals surface area (Å²) in [6.07, 6.45) is 1.58. The van der Waals surface area contributed by atoms with Crippen LogP contribution in [0.25, 0.3) is 0 Å². The quantitative estimate of drug-likeness (QED) is 0.866. The number of anilines is 2. The molecular formula is C10H15BrN4O. The van der Waals surface area contributed by atoms with Gasteiger partial charge in [0.1, 0.15) is 5.82 Å². The molecule has 0 spiro atoms. The molecular weight excluding hydrogens is 272 g/mol. The van der Waals surface area contributed by atoms with E-state index in [1.807, 2.05) is 13.8 Å². The maximum absolute atomic E-state index is 10.9. The lowest BCUT2D eigenvalue weighted by Crippen LogP contribution is -2.34. The Labute approximate surface area is 103 Å². The van der Waals surface area contributed by atoms with Crippen molar-refractivity contribution in [3.8, 4) is 0 Å². The van der Waals surface area contributed by atoms with Gasteiger partial charge in [0, 0.05) is 6.54 Å². The van der Waals surface area contributed by atoms with Crippen LogP contribution in [0.4, 0.5) is 11.5 Å². The molecule has 0 fully saturated rings. The number of nitrogens with zero attached hydrogens (tertiary/aromatic N) is 2. The topological polar surface area (TPSA) is 85.2 Å². The van der Waals surface area contributed by atoms with E-state index in [1.165, 1.54) is 0 Å². The van der Waals surface area contributed by atoms with Crippen LogP contribution in [0.5, 0.6) is 0 Å². The van der Waals surface area contributed by atoms with Crippen molar-refractivity contribution in [3.05, 3.63) is 16.2 Å². The van der Waals surface area contributed by atoms with Crippen molar-refractivity contribution in [2.45, 2.75) is 13.8 Å². The Kier molecular flexibility index (Phi) is 4.12. The van der Waals surface area contributed by atoms with Gasteiger partial charge in [0.25, 0.3) is 0 Å². The van der Waals surface area contributed by atoms with Crippen LogP contribution in [0.15, 0.2) is 10.7 Å². The SMILES string of the molecule is CCN(CC(N)=O)c1ncc(N)c(C)c1Br. The molecule has 0 atom stereocenters. The van der Waals surface area contributed by atoms with Crippen LogP contribution in [0.1, 0.15) is 12.5 Å². The molecule has 1 heterocycles. The summed E-state index contributed by atoms with van der Waals surface area (Å²) < 4.78 is 0.801. The summed E-state index contributed by atoms with van der Waals surface area (Å²) in [4.78, 5) is 16.9. The van der Waals surface area contributed by atoms with Crippen molar-refractivity contribution in [3.63, 3.8) is 0 Å². The van der Waals surface area contributed by atoms with Gasteiger partial charge in [0.05, 0.1) is 22.9 Å². The maximum Gasteiger partial charge on any atom is 0.236 e. The molecule has 1 aromatic heterocycles. The van der Waals surface area contributed by atoms with Crippen molar-refractivity contribution >= 4 is 33.3 Å². The predicted octanol–water partition coefficient (Wildman–Crippen LogP) is 1.05. The first kappa shape index (κ1) is 12.8. The van der Waals surface area contributed by atoms with Gasteiger partial charge in [0.2, 0.25) is 5.91 Å². The lowest BCUT2D eigenvalue weighted by molar-refractivity contribution is -0.116. The van der Waals surface area contributed by atoms with E-state index in [-0.39, 0.29) is 12.5 Å². The lowest BCUT2D eigenvalue weighted by atomic mass is 10.2. The third-order valence-electron chi connectivity index (χ3n) is 2.31. The largest absolute Gasteiger partial charge is 0.397 e. The molecule has 0 radical (unpaired) electrons. The van der Waals surface area contributed by atoms with Crippen LogP contribution in [0, 0.1) is 6.92 Å². The van der Waals surface area contributed by atoms with Crippen LogP contribution in [0.3, 0.4) is 0 Å². The van der Waals surface area contributed by atoms with E-state index in [4.69, 9.17) is 11.5 Å². The number of hydrogen-bond donors (Lipinski definition) is 2. The molecule has 0 aliphatic rings. The van der Waals surface area contributed by atoms with Gasteiger partial charge >= 0.3 is 0 Å². The number of amides is 1. The van der Waals surface area contributed by atoms with E-state index in [9.17, 15) is 4.79 Å². The third kappa shape index (κ3) is 2.63. The maximum atomic E-state index is 10.9. The number of hydrogen-bond acceptors (Lipinski definition) is 4. The van der Waals surface area contributed by atoms with E-state index in [2.05, 4.69) is 20.9 Å². The first-order valence-corrected chi connectivity index (χ1v) is 5.70. The zero-order chi connectivity index (χ0) is 12.3. The first-order valence-electron chi connectivity index (χ1n) is 4.91. The average Bonchev–Trinajstić information content (AvgIpc) is 2.23. The number of nitrogen functional groups attached to an aromatic ring is 1. The third-order valence-corrected chi connectivity index (χ3v) is 3.26. The second kappa shape index (κ2) is 5.16. The molecule has 1 amide bonds. The van der Waals surface area contributed by atoms with Crippen LogP contribution in [-0.2, 0) is 4.79 Å². The Morgan fingerprint density at radius 1 is 1.62 bits per heavy atom. The number of nitrogens with two attached hydrogens (primary N) is 2. The number of aromatic nitrogens is 1. The summed E-state index contributed by atoms with van der Waals surface area (Å²) in [6.45, 7) is 4.62. The van der Waals surface area contributed by atoms with Gasteiger partial charge in [-0.1, -0.05) is 0 Å². The van der Waals surface area contributed by atoms with E-state index < -0.39 is 0 Å². The van der Waals surface area contributed by atoms with Crippen LogP contribution in [-0.4, -0.2) is 24.0 Å². The number of likely N-dealkylation sites (N-methyl/N-ethyl adjacent to an activating group) is 1. The molecule has 0 aliphatic heterocycles. The Bertz CT molecular complexity index is 408. The highest BCUT2D eigenvalue weighted by atomic mass is 79.9. The Hall–Kier alpha value is -1.30. The molecule has 1 aromatic rings. The van der Waals surface area contributed by atoms with Gasteiger partial charge in [-0.3, -0.25) is 4.79 Å². The fraction of sp³-hybridized carbons (Fsp3) is 0.400. The van der Waals surface area contributed by atoms with E-state index >= 15 is 0 Å². The van der Waals surface area contributed by atoms with E-state index in [0.717, 1.165) is 10.0 Å². The molecule has 0 saturated carbocycles. The molecule has 0 saturated heterocycles. The highest BCUT2D eigenvalue weighted by Gasteiger charge is 2.14. The molecule has 16 heavy (non-hydrogen) atoms. The smallest absolute Gasteiger partial charge is 0.236 e. The summed E-state index contributed by atoms with van der Waals surface area (Å²) in [5, 5.41) is 0. The van der Waals surface area contributed by atoms with Crippen LogP contribution in [0.2, 0.25) is 0 Å². The van der Waals surface area contributed by atoms with Crippen molar-refractivity contribution in [2.75, 3.05) is 23.7 Å². The number of primary amides is 1. The molecule has 0 aromatic carbocycles. The fourth-order valence-electron chi connectivity index (χ4n) is 1.32. The second-order valence-corrected chi connectivity index (χ2v) is 4.25. The molecule has 6 heteroatoms. The summed E-state index contributed by atoms with van der Waals surface area (Å²) in [5.74, 6) is 0.304. The standard InChI is InChI=1S/C10H15BrN4O/c1-3-15(5-8(13)16)10-9(11)6(2)7(12)4-14-10/h4H,3,5,12H2,1-2H3,(H2,13,16). The van der Waals surface area contributed by atoms with Gasteiger partial charge in [0.15, 0.2) is 0 Å². The Balaban J connectivity index is 3.11. The predicted molar refractivity (Wildman–Crippen MR) is 68.2 cm³/mol. The number of carbonyl (C=O) groups excluding carboxylic acids is 1. The minimum absolute atomic E-state index is 0.144. The van der Waals surface area contributed by atoms with Gasteiger partial charge in [-0.05, 0) is 35.3 Å². The minimum Gasteiger partial charge on any atom is -0.397 e. The molecule has 0 unspecified atom stereocenters. The monoisotopic (exact) mass is 286 g/mol. The zero-order valence-electron chi connectivity index (χ0n) is 9.33. The first-order chi connectivity index (χ1) is 7.47. The second-order valence-electron chi connectivity index (χ2n) is 3.46. The average molecular weight is 287 g/mol. The highest BCUT2D eigenvalue weighted by Crippen LogP contribution is 2.30. The lowest BCUT2D eigenvalue weighted by Gasteiger charge is -2.22. The summed E-state index contributed by atoms with van der Waals surface area (Å²) in [5.41, 5.74) is 12.4. The van der Waals surface area contributed by atoms with Gasteiger partial charge < -0.3 is 16.4 Å².